The van der Waals surface area contributed by atoms with Gasteiger partial charge in [-0.1, -0.05) is 0 Å². The minimum atomic E-state index is -0.341. The molecule has 0 aliphatic carbocycles. The Hall–Kier alpha value is -1.58. The first-order valence-electron chi connectivity index (χ1n) is 4.45. The first-order valence-corrected chi connectivity index (χ1v) is 4.45. The largest absolute Gasteiger partial charge is 0.397 e. The lowest BCUT2D eigenvalue weighted by atomic mass is 10.1. The molecule has 0 fully saturated rings. The van der Waals surface area contributed by atoms with Crippen molar-refractivity contribution in [3.05, 3.63) is 23.5 Å². The van der Waals surface area contributed by atoms with Crippen molar-refractivity contribution in [2.24, 2.45) is 0 Å². The van der Waals surface area contributed by atoms with E-state index >= 15 is 0 Å². The van der Waals surface area contributed by atoms with Crippen LogP contribution in [0.25, 0.3) is 0 Å². The number of nitrogen functional groups attached to an aromatic ring is 1. The Balaban J connectivity index is 2.54. The molecule has 4 heteroatoms. The molecule has 0 spiro atoms. The van der Waals surface area contributed by atoms with Crippen LogP contribution in [0.3, 0.4) is 0 Å². The third-order valence-electron chi connectivity index (χ3n) is 2.44. The fraction of sp³-hybridized carbons (Fsp3) is 0.300. The van der Waals surface area contributed by atoms with E-state index in [0.29, 0.717) is 24.3 Å². The van der Waals surface area contributed by atoms with Gasteiger partial charge in [0, 0.05) is 13.5 Å². The van der Waals surface area contributed by atoms with Crippen LogP contribution in [-0.2, 0) is 11.2 Å². The topological polar surface area (TPSA) is 46.3 Å². The van der Waals surface area contributed by atoms with E-state index in [1.807, 2.05) is 0 Å². The molecule has 3 nitrogen and oxygen atoms in total. The van der Waals surface area contributed by atoms with Gasteiger partial charge in [-0.25, -0.2) is 4.39 Å². The number of halogens is 1. The van der Waals surface area contributed by atoms with Crippen molar-refractivity contribution in [3.63, 3.8) is 0 Å². The second kappa shape index (κ2) is 2.97. The second-order valence-corrected chi connectivity index (χ2v) is 3.42. The second-order valence-electron chi connectivity index (χ2n) is 3.42. The molecule has 1 aromatic rings. The van der Waals surface area contributed by atoms with Crippen LogP contribution < -0.4 is 10.6 Å². The van der Waals surface area contributed by atoms with E-state index < -0.39 is 0 Å². The van der Waals surface area contributed by atoms with Gasteiger partial charge < -0.3 is 10.6 Å². The summed E-state index contributed by atoms with van der Waals surface area (Å²) in [6.45, 7) is 2.08. The van der Waals surface area contributed by atoms with Crippen molar-refractivity contribution in [2.45, 2.75) is 13.3 Å². The number of nitrogens with two attached hydrogens (primary N) is 1. The Kier molecular flexibility index (Phi) is 1.91. The highest BCUT2D eigenvalue weighted by Gasteiger charge is 2.24. The van der Waals surface area contributed by atoms with Crippen molar-refractivity contribution >= 4 is 17.3 Å². The van der Waals surface area contributed by atoms with Gasteiger partial charge in [0.2, 0.25) is 5.91 Å². The van der Waals surface area contributed by atoms with Crippen molar-refractivity contribution in [3.8, 4) is 0 Å². The summed E-state index contributed by atoms with van der Waals surface area (Å²) in [7, 11) is 0. The van der Waals surface area contributed by atoms with E-state index in [1.54, 1.807) is 4.90 Å². The van der Waals surface area contributed by atoms with Crippen LogP contribution in [0.15, 0.2) is 12.1 Å². The van der Waals surface area contributed by atoms with E-state index in [-0.39, 0.29) is 11.7 Å². The van der Waals surface area contributed by atoms with Crippen molar-refractivity contribution in [1.29, 1.82) is 0 Å². The highest BCUT2D eigenvalue weighted by molar-refractivity contribution is 5.97. The molecule has 0 saturated heterocycles. The maximum Gasteiger partial charge on any atom is 0.223 e. The van der Waals surface area contributed by atoms with Crippen LogP contribution in [0.5, 0.6) is 0 Å². The van der Waals surface area contributed by atoms with E-state index in [1.165, 1.54) is 19.1 Å². The molecular weight excluding hydrogens is 183 g/mol. The smallest absolute Gasteiger partial charge is 0.223 e. The average molecular weight is 194 g/mol. The van der Waals surface area contributed by atoms with Gasteiger partial charge in [-0.15, -0.1) is 0 Å². The zero-order chi connectivity index (χ0) is 10.3. The van der Waals surface area contributed by atoms with Gasteiger partial charge in [0.15, 0.2) is 0 Å². The monoisotopic (exact) mass is 194 g/mol. The summed E-state index contributed by atoms with van der Waals surface area (Å²) in [5, 5.41) is 0. The summed E-state index contributed by atoms with van der Waals surface area (Å²) in [6, 6.07) is 2.69. The van der Waals surface area contributed by atoms with Crippen LogP contribution in [0.4, 0.5) is 15.8 Å². The maximum atomic E-state index is 13.0. The number of nitrogens with zero attached hydrogens (tertiary/aromatic N) is 1. The van der Waals surface area contributed by atoms with Gasteiger partial charge >= 0.3 is 0 Å². The van der Waals surface area contributed by atoms with Gasteiger partial charge in [-0.3, -0.25) is 4.79 Å². The molecular formula is C10H11FN2O. The lowest BCUT2D eigenvalue weighted by molar-refractivity contribution is -0.116. The number of amides is 1. The van der Waals surface area contributed by atoms with Crippen LogP contribution in [0.1, 0.15) is 12.5 Å². The number of carbonyl (C=O) groups is 1. The van der Waals surface area contributed by atoms with E-state index in [2.05, 4.69) is 0 Å². The molecule has 0 bridgehead atoms. The van der Waals surface area contributed by atoms with E-state index in [9.17, 15) is 9.18 Å². The molecule has 1 aliphatic rings. The van der Waals surface area contributed by atoms with Gasteiger partial charge in [0.25, 0.3) is 0 Å². The molecule has 0 aromatic heterocycles. The van der Waals surface area contributed by atoms with Crippen LogP contribution in [0.2, 0.25) is 0 Å². The summed E-state index contributed by atoms with van der Waals surface area (Å²) in [6.07, 6.45) is 0.677. The molecule has 0 saturated carbocycles. The summed E-state index contributed by atoms with van der Waals surface area (Å²) in [5.74, 6) is -0.395. The SMILES string of the molecule is CC(=O)N1CCc2cc(F)cc(N)c21. The van der Waals surface area contributed by atoms with Gasteiger partial charge in [-0.2, -0.15) is 0 Å². The highest BCUT2D eigenvalue weighted by atomic mass is 19.1. The Morgan fingerprint density at radius 2 is 2.29 bits per heavy atom. The Labute approximate surface area is 81.3 Å². The average Bonchev–Trinajstić information content (AvgIpc) is 2.47. The summed E-state index contributed by atoms with van der Waals surface area (Å²) in [4.78, 5) is 12.8. The van der Waals surface area contributed by atoms with E-state index in [4.69, 9.17) is 5.73 Å². The molecule has 2 N–H and O–H groups in total. The number of carbonyl (C=O) groups excluding carboxylic acids is 1. The third-order valence-corrected chi connectivity index (χ3v) is 2.44. The number of rotatable bonds is 0. The number of hydrogen-bond acceptors (Lipinski definition) is 2. The Bertz CT molecular complexity index is 403. The Morgan fingerprint density at radius 3 is 2.93 bits per heavy atom. The lowest BCUT2D eigenvalue weighted by Crippen LogP contribution is -2.26. The molecule has 14 heavy (non-hydrogen) atoms. The zero-order valence-corrected chi connectivity index (χ0v) is 7.88. The number of fused-ring (bicyclic) bond motifs is 1. The predicted molar refractivity (Wildman–Crippen MR) is 52.5 cm³/mol. The molecule has 0 unspecified atom stereocenters. The Morgan fingerprint density at radius 1 is 1.57 bits per heavy atom. The fourth-order valence-electron chi connectivity index (χ4n) is 1.86. The molecule has 1 aliphatic heterocycles. The number of anilines is 2. The van der Waals surface area contributed by atoms with Crippen LogP contribution in [-0.4, -0.2) is 12.5 Å². The lowest BCUT2D eigenvalue weighted by Gasteiger charge is -2.16. The first kappa shape index (κ1) is 8.99. The molecule has 0 radical (unpaired) electrons. The molecule has 0 atom stereocenters. The minimum Gasteiger partial charge on any atom is -0.397 e. The predicted octanol–water partition coefficient (Wildman–Crippen LogP) is 1.32. The van der Waals surface area contributed by atoms with Gasteiger partial charge in [-0.05, 0) is 24.1 Å². The summed E-state index contributed by atoms with van der Waals surface area (Å²) >= 11 is 0. The minimum absolute atomic E-state index is 0.0536. The standard InChI is InChI=1S/C10H11FN2O/c1-6(14)13-3-2-7-4-8(11)5-9(12)10(7)13/h4-5H,2-3,12H2,1H3. The molecule has 1 aromatic carbocycles. The molecule has 2 rings (SSSR count). The third kappa shape index (κ3) is 1.23. The summed E-state index contributed by atoms with van der Waals surface area (Å²) < 4.78 is 13.0. The van der Waals surface area contributed by atoms with Gasteiger partial charge in [0.1, 0.15) is 5.82 Å². The maximum absolute atomic E-state index is 13.0. The molecule has 74 valence electrons. The quantitative estimate of drug-likeness (QED) is 0.633. The van der Waals surface area contributed by atoms with Crippen LogP contribution >= 0.6 is 0 Å². The number of hydrogen-bond donors (Lipinski definition) is 1. The van der Waals surface area contributed by atoms with Gasteiger partial charge in [0.05, 0.1) is 11.4 Å². The van der Waals surface area contributed by atoms with Crippen molar-refractivity contribution < 1.29 is 9.18 Å². The number of benzene rings is 1. The normalized spacial score (nSPS) is 14.3. The first-order chi connectivity index (χ1) is 6.59. The highest BCUT2D eigenvalue weighted by Crippen LogP contribution is 2.34. The van der Waals surface area contributed by atoms with E-state index in [0.717, 1.165) is 5.56 Å². The molecule has 1 heterocycles. The van der Waals surface area contributed by atoms with Crippen molar-refractivity contribution in [2.75, 3.05) is 17.2 Å². The zero-order valence-electron chi connectivity index (χ0n) is 7.88. The fourth-order valence-corrected chi connectivity index (χ4v) is 1.86. The van der Waals surface area contributed by atoms with Crippen molar-refractivity contribution in [1.82, 2.24) is 0 Å². The van der Waals surface area contributed by atoms with Crippen LogP contribution in [0, 0.1) is 5.82 Å². The molecule has 1 amide bonds. The summed E-state index contributed by atoms with van der Waals surface area (Å²) in [5.41, 5.74) is 7.50.